The van der Waals surface area contributed by atoms with Gasteiger partial charge in [-0.25, -0.2) is 0 Å². The van der Waals surface area contributed by atoms with Gasteiger partial charge in [0, 0.05) is 36.2 Å². The molecule has 3 rings (SSSR count). The zero-order chi connectivity index (χ0) is 14.0. The van der Waals surface area contributed by atoms with Crippen LogP contribution < -0.4 is 4.90 Å². The van der Waals surface area contributed by atoms with E-state index in [1.165, 1.54) is 50.6 Å². The van der Waals surface area contributed by atoms with E-state index in [1.54, 1.807) is 0 Å². The van der Waals surface area contributed by atoms with Gasteiger partial charge >= 0.3 is 0 Å². The summed E-state index contributed by atoms with van der Waals surface area (Å²) in [4.78, 5) is 6.76. The fourth-order valence-corrected chi connectivity index (χ4v) is 4.01. The van der Waals surface area contributed by atoms with Crippen LogP contribution in [0, 0.1) is 12.3 Å². The predicted molar refractivity (Wildman–Crippen MR) is 81.9 cm³/mol. The number of hydrogen-bond donors (Lipinski definition) is 1. The summed E-state index contributed by atoms with van der Waals surface area (Å²) in [5.41, 5.74) is 3.84. The Labute approximate surface area is 122 Å². The van der Waals surface area contributed by atoms with Crippen LogP contribution in [-0.4, -0.2) is 23.2 Å². The van der Waals surface area contributed by atoms with Crippen molar-refractivity contribution < 1.29 is 5.11 Å². The normalized spacial score (nSPS) is 22.2. The Morgan fingerprint density at radius 3 is 2.50 bits per heavy atom. The molecule has 0 aromatic carbocycles. The molecule has 1 aromatic heterocycles. The highest BCUT2D eigenvalue weighted by molar-refractivity contribution is 5.53. The molecule has 20 heavy (non-hydrogen) atoms. The van der Waals surface area contributed by atoms with Gasteiger partial charge in [-0.15, -0.1) is 0 Å². The third-order valence-corrected chi connectivity index (χ3v) is 5.35. The first-order valence-corrected chi connectivity index (χ1v) is 8.04. The van der Waals surface area contributed by atoms with Crippen LogP contribution in [-0.2, 0) is 6.61 Å². The van der Waals surface area contributed by atoms with Crippen LogP contribution in [0.3, 0.4) is 0 Å². The maximum absolute atomic E-state index is 9.52. The van der Waals surface area contributed by atoms with Crippen LogP contribution >= 0.6 is 0 Å². The van der Waals surface area contributed by atoms with E-state index in [1.807, 2.05) is 13.1 Å². The molecule has 0 atom stereocenters. The molecule has 1 N–H and O–H groups in total. The molecule has 1 saturated heterocycles. The van der Waals surface area contributed by atoms with Crippen molar-refractivity contribution >= 4 is 5.69 Å². The first-order chi connectivity index (χ1) is 9.72. The Morgan fingerprint density at radius 2 is 1.85 bits per heavy atom. The van der Waals surface area contributed by atoms with Gasteiger partial charge in [0.15, 0.2) is 0 Å². The minimum absolute atomic E-state index is 0.0876. The zero-order valence-electron chi connectivity index (χ0n) is 12.6. The van der Waals surface area contributed by atoms with Crippen LogP contribution in [0.5, 0.6) is 0 Å². The van der Waals surface area contributed by atoms with Crippen molar-refractivity contribution in [3.8, 4) is 0 Å². The standard InChI is InChI=1S/C17H26N2O/c1-14-11-16(15(13-20)12-18-14)19-9-7-17(8-10-19)5-3-2-4-6-17/h11-12,20H,2-10,13H2,1H3. The van der Waals surface area contributed by atoms with Crippen LogP contribution in [0.1, 0.15) is 56.2 Å². The summed E-state index contributed by atoms with van der Waals surface area (Å²) in [6.45, 7) is 4.38. The van der Waals surface area contributed by atoms with Crippen molar-refractivity contribution in [1.82, 2.24) is 4.98 Å². The van der Waals surface area contributed by atoms with Gasteiger partial charge in [-0.2, -0.15) is 0 Å². The molecule has 2 fully saturated rings. The van der Waals surface area contributed by atoms with Crippen molar-refractivity contribution in [2.45, 2.75) is 58.5 Å². The van der Waals surface area contributed by atoms with E-state index >= 15 is 0 Å². The summed E-state index contributed by atoms with van der Waals surface area (Å²) < 4.78 is 0. The molecule has 1 saturated carbocycles. The Kier molecular flexibility index (Phi) is 3.97. The molecule has 0 unspecified atom stereocenters. The van der Waals surface area contributed by atoms with Gasteiger partial charge < -0.3 is 10.0 Å². The Morgan fingerprint density at radius 1 is 1.15 bits per heavy atom. The van der Waals surface area contributed by atoms with Gasteiger partial charge in [0.25, 0.3) is 0 Å². The first-order valence-electron chi connectivity index (χ1n) is 8.04. The van der Waals surface area contributed by atoms with Crippen molar-refractivity contribution in [2.75, 3.05) is 18.0 Å². The number of aromatic nitrogens is 1. The Balaban J connectivity index is 1.73. The summed E-state index contributed by atoms with van der Waals surface area (Å²) in [6.07, 6.45) is 11.6. The number of aryl methyl sites for hydroxylation is 1. The van der Waals surface area contributed by atoms with Gasteiger partial charge in [0.2, 0.25) is 0 Å². The second kappa shape index (κ2) is 5.72. The average molecular weight is 274 g/mol. The van der Waals surface area contributed by atoms with Crippen molar-refractivity contribution in [2.24, 2.45) is 5.41 Å². The van der Waals surface area contributed by atoms with E-state index < -0.39 is 0 Å². The van der Waals surface area contributed by atoms with E-state index in [4.69, 9.17) is 0 Å². The maximum Gasteiger partial charge on any atom is 0.0717 e. The summed E-state index contributed by atoms with van der Waals surface area (Å²) in [7, 11) is 0. The third kappa shape index (κ3) is 2.69. The summed E-state index contributed by atoms with van der Waals surface area (Å²) in [5.74, 6) is 0. The van der Waals surface area contributed by atoms with Crippen molar-refractivity contribution in [3.05, 3.63) is 23.5 Å². The van der Waals surface area contributed by atoms with Gasteiger partial charge in [-0.1, -0.05) is 19.3 Å². The van der Waals surface area contributed by atoms with Crippen LogP contribution in [0.2, 0.25) is 0 Å². The molecule has 0 radical (unpaired) electrons. The van der Waals surface area contributed by atoms with E-state index in [9.17, 15) is 5.11 Å². The lowest BCUT2D eigenvalue weighted by atomic mass is 9.68. The van der Waals surface area contributed by atoms with Crippen molar-refractivity contribution in [3.63, 3.8) is 0 Å². The number of aliphatic hydroxyl groups excluding tert-OH is 1. The lowest BCUT2D eigenvalue weighted by Crippen LogP contribution is -2.41. The Bertz CT molecular complexity index is 456. The zero-order valence-corrected chi connectivity index (χ0v) is 12.6. The number of rotatable bonds is 2. The molecule has 2 heterocycles. The van der Waals surface area contributed by atoms with Gasteiger partial charge in [-0.3, -0.25) is 4.98 Å². The number of anilines is 1. The number of aliphatic hydroxyl groups is 1. The largest absolute Gasteiger partial charge is 0.392 e. The molecule has 1 aromatic rings. The highest BCUT2D eigenvalue weighted by Gasteiger charge is 2.35. The fourth-order valence-electron chi connectivity index (χ4n) is 4.01. The number of piperidine rings is 1. The highest BCUT2D eigenvalue weighted by Crippen LogP contribution is 2.45. The number of hydrogen-bond acceptors (Lipinski definition) is 3. The number of nitrogens with zero attached hydrogens (tertiary/aromatic N) is 2. The molecular formula is C17H26N2O. The predicted octanol–water partition coefficient (Wildman–Crippen LogP) is 3.43. The summed E-state index contributed by atoms with van der Waals surface area (Å²) in [5, 5.41) is 9.52. The second-order valence-electron chi connectivity index (χ2n) is 6.66. The lowest BCUT2D eigenvalue weighted by Gasteiger charge is -2.45. The third-order valence-electron chi connectivity index (χ3n) is 5.35. The molecule has 3 nitrogen and oxygen atoms in total. The van der Waals surface area contributed by atoms with E-state index in [-0.39, 0.29) is 6.61 Å². The molecule has 3 heteroatoms. The molecule has 1 spiro atoms. The van der Waals surface area contributed by atoms with Crippen LogP contribution in [0.15, 0.2) is 12.3 Å². The molecule has 2 aliphatic rings. The molecular weight excluding hydrogens is 248 g/mol. The minimum Gasteiger partial charge on any atom is -0.392 e. The van der Waals surface area contributed by atoms with Crippen molar-refractivity contribution in [1.29, 1.82) is 0 Å². The van der Waals surface area contributed by atoms with Crippen LogP contribution in [0.25, 0.3) is 0 Å². The molecule has 1 aliphatic carbocycles. The molecule has 110 valence electrons. The highest BCUT2D eigenvalue weighted by atomic mass is 16.3. The summed E-state index contributed by atoms with van der Waals surface area (Å²) >= 11 is 0. The lowest BCUT2D eigenvalue weighted by molar-refractivity contribution is 0.144. The molecule has 0 amide bonds. The van der Waals surface area contributed by atoms with E-state index in [0.29, 0.717) is 5.41 Å². The fraction of sp³-hybridized carbons (Fsp3) is 0.706. The van der Waals surface area contributed by atoms with Gasteiger partial charge in [0.1, 0.15) is 0 Å². The smallest absolute Gasteiger partial charge is 0.0717 e. The topological polar surface area (TPSA) is 36.4 Å². The monoisotopic (exact) mass is 274 g/mol. The maximum atomic E-state index is 9.52. The quantitative estimate of drug-likeness (QED) is 0.897. The first kappa shape index (κ1) is 13.9. The SMILES string of the molecule is Cc1cc(N2CCC3(CCCCC3)CC2)c(CO)cn1. The average Bonchev–Trinajstić information content (AvgIpc) is 2.49. The number of pyridine rings is 1. The minimum atomic E-state index is 0.0876. The van der Waals surface area contributed by atoms with E-state index in [0.717, 1.165) is 24.3 Å². The second-order valence-corrected chi connectivity index (χ2v) is 6.66. The molecule has 1 aliphatic heterocycles. The van der Waals surface area contributed by atoms with E-state index in [2.05, 4.69) is 16.0 Å². The Hall–Kier alpha value is -1.09. The van der Waals surface area contributed by atoms with Gasteiger partial charge in [-0.05, 0) is 44.1 Å². The van der Waals surface area contributed by atoms with Crippen LogP contribution in [0.4, 0.5) is 5.69 Å². The van der Waals surface area contributed by atoms with Gasteiger partial charge in [0.05, 0.1) is 6.61 Å². The summed E-state index contributed by atoms with van der Waals surface area (Å²) in [6, 6.07) is 2.13. The molecule has 0 bridgehead atoms.